The monoisotopic (exact) mass is 677 g/mol. The van der Waals surface area contributed by atoms with E-state index in [1.54, 1.807) is 26.9 Å². The van der Waals surface area contributed by atoms with Crippen LogP contribution in [0.5, 0.6) is 0 Å². The number of aliphatic hydroxyl groups excluding tert-OH is 1. The van der Waals surface area contributed by atoms with Crippen LogP contribution in [0.2, 0.25) is 0 Å². The largest absolute Gasteiger partial charge is 0.394 e. The standard InChI is InChI=1S/C36H44BrN3O5/c1-5-14-24(4)38(19-6-2)35(44)32-36-22-28(37)31(45-36)29(33(42)39(20-7-3)26-17-12-9-13-18-26)30(36)34(43)40(32)27(23-41)21-25-15-10-8-11-16-25/h6-13,15-18,24,27-32,41H,2-3,5,14,19-23H2,1,4H3/t24?,27-,28?,29-,30+,31-,32?,36?/m1/s1. The van der Waals surface area contributed by atoms with Crippen LogP contribution in [0.4, 0.5) is 5.69 Å². The topological polar surface area (TPSA) is 90.4 Å². The molecule has 3 amide bonds. The fraction of sp³-hybridized carbons (Fsp3) is 0.472. The maximum Gasteiger partial charge on any atom is 0.248 e. The lowest BCUT2D eigenvalue weighted by molar-refractivity contribution is -0.152. The third kappa shape index (κ3) is 5.90. The lowest BCUT2D eigenvalue weighted by Crippen LogP contribution is -2.60. The Morgan fingerprint density at radius 2 is 1.73 bits per heavy atom. The fourth-order valence-electron chi connectivity index (χ4n) is 7.76. The van der Waals surface area contributed by atoms with Gasteiger partial charge in [-0.3, -0.25) is 14.4 Å². The number of carbonyl (C=O) groups is 3. The molecular weight excluding hydrogens is 634 g/mol. The molecule has 9 heteroatoms. The molecule has 8 nitrogen and oxygen atoms in total. The molecular formula is C36H44BrN3O5. The summed E-state index contributed by atoms with van der Waals surface area (Å²) >= 11 is 3.79. The van der Waals surface area contributed by atoms with Crippen LogP contribution in [0, 0.1) is 11.8 Å². The summed E-state index contributed by atoms with van der Waals surface area (Å²) in [6.45, 7) is 12.1. The van der Waals surface area contributed by atoms with Crippen molar-refractivity contribution in [1.29, 1.82) is 0 Å². The SMILES string of the molecule is C=CCN(C(=O)[C@H]1[C@@H]2OC3(CC2Br)C(C(=O)N(CC=C)C(C)CCC)N([C@@H](CO)Cc2ccccc2)C(=O)[C@H]13)c1ccccc1. The Morgan fingerprint density at radius 1 is 1.09 bits per heavy atom. The molecule has 0 aliphatic carbocycles. The Bertz CT molecular complexity index is 1390. The first-order valence-electron chi connectivity index (χ1n) is 15.9. The van der Waals surface area contributed by atoms with Gasteiger partial charge in [0.05, 0.1) is 30.6 Å². The first-order valence-corrected chi connectivity index (χ1v) is 16.8. The third-order valence-electron chi connectivity index (χ3n) is 9.66. The Hall–Kier alpha value is -3.27. The van der Waals surface area contributed by atoms with E-state index in [4.69, 9.17) is 4.74 Å². The number of rotatable bonds is 14. The fourth-order valence-corrected chi connectivity index (χ4v) is 8.70. The second kappa shape index (κ2) is 14.0. The summed E-state index contributed by atoms with van der Waals surface area (Å²) in [5.41, 5.74) is 0.396. The number of likely N-dealkylation sites (tertiary alicyclic amines) is 1. The Labute approximate surface area is 274 Å². The van der Waals surface area contributed by atoms with E-state index in [9.17, 15) is 19.5 Å². The first kappa shape index (κ1) is 33.1. The van der Waals surface area contributed by atoms with E-state index in [0.29, 0.717) is 25.1 Å². The molecule has 3 aliphatic rings. The second-order valence-corrected chi connectivity index (χ2v) is 13.6. The normalized spacial score (nSPS) is 28.0. The molecule has 2 bridgehead atoms. The first-order chi connectivity index (χ1) is 21.7. The maximum absolute atomic E-state index is 14.8. The number of fused-ring (bicyclic) bond motifs is 1. The molecule has 2 aromatic rings. The minimum Gasteiger partial charge on any atom is -0.394 e. The van der Waals surface area contributed by atoms with Crippen LogP contribution in [0.15, 0.2) is 86.0 Å². The number of carbonyl (C=O) groups excluding carboxylic acids is 3. The molecule has 3 aliphatic heterocycles. The van der Waals surface area contributed by atoms with Crippen LogP contribution in [-0.2, 0) is 25.5 Å². The van der Waals surface area contributed by atoms with Crippen molar-refractivity contribution in [2.75, 3.05) is 24.6 Å². The summed E-state index contributed by atoms with van der Waals surface area (Å²) in [6, 6.07) is 17.2. The zero-order valence-electron chi connectivity index (χ0n) is 26.1. The van der Waals surface area contributed by atoms with Crippen molar-refractivity contribution in [2.45, 2.75) is 74.2 Å². The Balaban J connectivity index is 1.62. The number of alkyl halides is 1. The highest BCUT2D eigenvalue weighted by Gasteiger charge is 2.77. The number of para-hydroxylation sites is 1. The van der Waals surface area contributed by atoms with Crippen molar-refractivity contribution in [3.63, 3.8) is 0 Å². The van der Waals surface area contributed by atoms with Gasteiger partial charge in [0, 0.05) is 29.6 Å². The van der Waals surface area contributed by atoms with Crippen LogP contribution in [0.3, 0.4) is 0 Å². The third-order valence-corrected chi connectivity index (χ3v) is 10.5. The second-order valence-electron chi connectivity index (χ2n) is 12.4. The summed E-state index contributed by atoms with van der Waals surface area (Å²) < 4.78 is 6.80. The summed E-state index contributed by atoms with van der Waals surface area (Å²) in [5, 5.41) is 10.8. The zero-order valence-corrected chi connectivity index (χ0v) is 27.7. The van der Waals surface area contributed by atoms with Crippen LogP contribution in [-0.4, -0.2) is 87.0 Å². The van der Waals surface area contributed by atoms with Crippen LogP contribution >= 0.6 is 15.9 Å². The molecule has 3 saturated heterocycles. The summed E-state index contributed by atoms with van der Waals surface area (Å²) in [5.74, 6) is -2.51. The molecule has 8 atom stereocenters. The molecule has 3 fully saturated rings. The van der Waals surface area contributed by atoms with E-state index in [2.05, 4.69) is 36.0 Å². The van der Waals surface area contributed by atoms with Crippen molar-refractivity contribution >= 4 is 39.3 Å². The van der Waals surface area contributed by atoms with Crippen molar-refractivity contribution < 1.29 is 24.2 Å². The molecule has 1 N–H and O–H groups in total. The molecule has 4 unspecified atom stereocenters. The number of amides is 3. The molecule has 5 rings (SSSR count). The number of hydrogen-bond acceptors (Lipinski definition) is 5. The van der Waals surface area contributed by atoms with Crippen LogP contribution in [0.1, 0.15) is 38.7 Å². The average molecular weight is 679 g/mol. The quantitative estimate of drug-likeness (QED) is 0.230. The highest BCUT2D eigenvalue weighted by molar-refractivity contribution is 9.09. The number of benzene rings is 2. The molecule has 1 spiro atoms. The number of hydrogen-bond donors (Lipinski definition) is 1. The molecule has 2 aromatic carbocycles. The van der Waals surface area contributed by atoms with Crippen molar-refractivity contribution in [3.05, 3.63) is 91.5 Å². The smallest absolute Gasteiger partial charge is 0.248 e. The van der Waals surface area contributed by atoms with Crippen LogP contribution < -0.4 is 4.90 Å². The number of halogens is 1. The summed E-state index contributed by atoms with van der Waals surface area (Å²) in [4.78, 5) is 49.0. The Morgan fingerprint density at radius 3 is 2.33 bits per heavy atom. The van der Waals surface area contributed by atoms with Gasteiger partial charge in [0.2, 0.25) is 17.7 Å². The predicted molar refractivity (Wildman–Crippen MR) is 179 cm³/mol. The minimum absolute atomic E-state index is 0.105. The van der Waals surface area contributed by atoms with Gasteiger partial charge in [0.15, 0.2) is 0 Å². The van der Waals surface area contributed by atoms with Gasteiger partial charge in [0.25, 0.3) is 0 Å². The van der Waals surface area contributed by atoms with E-state index in [0.717, 1.165) is 18.4 Å². The molecule has 45 heavy (non-hydrogen) atoms. The zero-order chi connectivity index (χ0) is 32.3. The van der Waals surface area contributed by atoms with Gasteiger partial charge >= 0.3 is 0 Å². The van der Waals surface area contributed by atoms with Crippen molar-refractivity contribution in [2.24, 2.45) is 11.8 Å². The van der Waals surface area contributed by atoms with Gasteiger partial charge in [-0.05, 0) is 43.9 Å². The summed E-state index contributed by atoms with van der Waals surface area (Å²) in [6.07, 6.45) is 5.19. The highest BCUT2D eigenvalue weighted by Crippen LogP contribution is 2.61. The van der Waals surface area contributed by atoms with Crippen molar-refractivity contribution in [1.82, 2.24) is 9.80 Å². The van der Waals surface area contributed by atoms with E-state index < -0.39 is 35.6 Å². The summed E-state index contributed by atoms with van der Waals surface area (Å²) in [7, 11) is 0. The maximum atomic E-state index is 14.8. The van der Waals surface area contributed by atoms with Crippen LogP contribution in [0.25, 0.3) is 0 Å². The molecule has 0 saturated carbocycles. The van der Waals surface area contributed by atoms with Gasteiger partial charge in [-0.15, -0.1) is 13.2 Å². The van der Waals surface area contributed by atoms with Gasteiger partial charge < -0.3 is 24.5 Å². The minimum atomic E-state index is -1.24. The molecule has 3 heterocycles. The predicted octanol–water partition coefficient (Wildman–Crippen LogP) is 4.76. The van der Waals surface area contributed by atoms with Crippen molar-refractivity contribution in [3.8, 4) is 0 Å². The van der Waals surface area contributed by atoms with E-state index in [1.165, 1.54) is 0 Å². The lowest BCUT2D eigenvalue weighted by Gasteiger charge is -2.41. The van der Waals surface area contributed by atoms with E-state index in [-0.39, 0.29) is 41.7 Å². The van der Waals surface area contributed by atoms with E-state index in [1.807, 2.05) is 67.6 Å². The number of anilines is 1. The van der Waals surface area contributed by atoms with Gasteiger partial charge in [-0.25, -0.2) is 0 Å². The number of nitrogens with zero attached hydrogens (tertiary/aromatic N) is 3. The van der Waals surface area contributed by atoms with Gasteiger partial charge in [-0.2, -0.15) is 0 Å². The number of aliphatic hydroxyl groups is 1. The molecule has 0 radical (unpaired) electrons. The average Bonchev–Trinajstić information content (AvgIpc) is 3.65. The van der Waals surface area contributed by atoms with E-state index >= 15 is 0 Å². The number of ether oxygens (including phenoxy) is 1. The van der Waals surface area contributed by atoms with Gasteiger partial charge in [0.1, 0.15) is 11.6 Å². The highest BCUT2D eigenvalue weighted by atomic mass is 79.9. The van der Waals surface area contributed by atoms with Gasteiger partial charge in [-0.1, -0.05) is 90.0 Å². The molecule has 0 aromatic heterocycles. The lowest BCUT2D eigenvalue weighted by atomic mass is 9.70. The Kier molecular flexibility index (Phi) is 10.3. The molecule has 240 valence electrons.